The molecule has 0 spiro atoms. The van der Waals surface area contributed by atoms with Gasteiger partial charge in [-0.25, -0.2) is 9.78 Å². The quantitative estimate of drug-likeness (QED) is 0.356. The predicted octanol–water partition coefficient (Wildman–Crippen LogP) is 7.42. The Labute approximate surface area is 187 Å². The normalized spacial score (nSPS) is 11.2. The van der Waals surface area contributed by atoms with E-state index in [1.165, 1.54) is 5.56 Å². The number of rotatable bonds is 4. The fourth-order valence-electron chi connectivity index (χ4n) is 3.19. The fraction of sp³-hybridized carbons (Fsp3) is 0.154. The number of amides is 2. The SMILES string of the molecule is CC(C)(C)c1ccc(NC(=O)Nc2ccc(-c3csc(-c4ccccc4)n3)cc2)cc1. The van der Waals surface area contributed by atoms with Crippen LogP contribution < -0.4 is 10.6 Å². The zero-order chi connectivity index (χ0) is 21.8. The Morgan fingerprint density at radius 2 is 1.35 bits per heavy atom. The fourth-order valence-corrected chi connectivity index (χ4v) is 4.03. The first-order valence-corrected chi connectivity index (χ1v) is 11.1. The Kier molecular flexibility index (Phi) is 5.87. The minimum absolute atomic E-state index is 0.0850. The van der Waals surface area contributed by atoms with E-state index >= 15 is 0 Å². The Bertz CT molecular complexity index is 1160. The molecule has 0 aliphatic carbocycles. The molecule has 31 heavy (non-hydrogen) atoms. The minimum atomic E-state index is -0.267. The molecule has 5 heteroatoms. The van der Waals surface area contributed by atoms with Crippen LogP contribution in [0, 0.1) is 0 Å². The summed E-state index contributed by atoms with van der Waals surface area (Å²) in [4.78, 5) is 17.1. The highest BCUT2D eigenvalue weighted by molar-refractivity contribution is 7.13. The second-order valence-corrected chi connectivity index (χ2v) is 9.25. The molecule has 0 saturated carbocycles. The number of nitrogens with one attached hydrogen (secondary N) is 2. The lowest BCUT2D eigenvalue weighted by atomic mass is 9.87. The van der Waals surface area contributed by atoms with Crippen LogP contribution in [-0.4, -0.2) is 11.0 Å². The molecule has 2 amide bonds. The summed E-state index contributed by atoms with van der Waals surface area (Å²) in [5, 5.41) is 8.80. The number of hydrogen-bond donors (Lipinski definition) is 2. The molecule has 0 radical (unpaired) electrons. The number of hydrogen-bond acceptors (Lipinski definition) is 3. The van der Waals surface area contributed by atoms with Crippen molar-refractivity contribution in [2.45, 2.75) is 26.2 Å². The van der Waals surface area contributed by atoms with Crippen LogP contribution in [0.15, 0.2) is 84.2 Å². The van der Waals surface area contributed by atoms with Gasteiger partial charge in [-0.05, 0) is 35.2 Å². The summed E-state index contributed by atoms with van der Waals surface area (Å²) in [6.07, 6.45) is 0. The van der Waals surface area contributed by atoms with Gasteiger partial charge in [0.15, 0.2) is 0 Å². The third-order valence-corrected chi connectivity index (χ3v) is 5.86. The summed E-state index contributed by atoms with van der Waals surface area (Å²) >= 11 is 1.63. The summed E-state index contributed by atoms with van der Waals surface area (Å²) in [7, 11) is 0. The zero-order valence-electron chi connectivity index (χ0n) is 17.8. The Hall–Kier alpha value is -3.44. The number of aromatic nitrogens is 1. The first-order chi connectivity index (χ1) is 14.9. The number of urea groups is 1. The Morgan fingerprint density at radius 3 is 1.94 bits per heavy atom. The van der Waals surface area contributed by atoms with E-state index < -0.39 is 0 Å². The number of carbonyl (C=O) groups excluding carboxylic acids is 1. The molecule has 1 aromatic heterocycles. The van der Waals surface area contributed by atoms with E-state index in [0.717, 1.165) is 33.2 Å². The maximum Gasteiger partial charge on any atom is 0.323 e. The molecule has 4 aromatic rings. The van der Waals surface area contributed by atoms with Crippen molar-refractivity contribution in [3.05, 3.63) is 89.8 Å². The van der Waals surface area contributed by atoms with Crippen LogP contribution in [-0.2, 0) is 5.41 Å². The lowest BCUT2D eigenvalue weighted by Gasteiger charge is -2.19. The maximum absolute atomic E-state index is 12.3. The Balaban J connectivity index is 1.38. The Morgan fingerprint density at radius 1 is 0.774 bits per heavy atom. The monoisotopic (exact) mass is 427 g/mol. The van der Waals surface area contributed by atoms with Crippen molar-refractivity contribution < 1.29 is 4.79 Å². The van der Waals surface area contributed by atoms with E-state index in [1.807, 2.05) is 66.7 Å². The number of anilines is 2. The lowest BCUT2D eigenvalue weighted by molar-refractivity contribution is 0.262. The number of carbonyl (C=O) groups is 1. The van der Waals surface area contributed by atoms with Crippen LogP contribution >= 0.6 is 11.3 Å². The van der Waals surface area contributed by atoms with Gasteiger partial charge in [-0.15, -0.1) is 11.3 Å². The number of benzene rings is 3. The van der Waals surface area contributed by atoms with Crippen molar-refractivity contribution >= 4 is 28.7 Å². The van der Waals surface area contributed by atoms with Gasteiger partial charge in [0.25, 0.3) is 0 Å². The second-order valence-electron chi connectivity index (χ2n) is 8.39. The highest BCUT2D eigenvalue weighted by Gasteiger charge is 2.13. The smallest absolute Gasteiger partial charge is 0.308 e. The predicted molar refractivity (Wildman–Crippen MR) is 131 cm³/mol. The van der Waals surface area contributed by atoms with Crippen molar-refractivity contribution in [1.82, 2.24) is 4.98 Å². The first kappa shape index (κ1) is 20.8. The second kappa shape index (κ2) is 8.74. The molecular formula is C26H25N3OS. The molecule has 0 aliphatic heterocycles. The average Bonchev–Trinajstić information content (AvgIpc) is 3.25. The van der Waals surface area contributed by atoms with E-state index in [-0.39, 0.29) is 11.4 Å². The molecule has 1 heterocycles. The van der Waals surface area contributed by atoms with E-state index in [4.69, 9.17) is 4.98 Å². The van der Waals surface area contributed by atoms with Crippen molar-refractivity contribution in [2.75, 3.05) is 10.6 Å². The van der Waals surface area contributed by atoms with Gasteiger partial charge in [0, 0.05) is 27.9 Å². The van der Waals surface area contributed by atoms with Crippen molar-refractivity contribution in [2.24, 2.45) is 0 Å². The maximum atomic E-state index is 12.3. The molecule has 0 atom stereocenters. The summed E-state index contributed by atoms with van der Waals surface area (Å²) in [5.41, 5.74) is 5.86. The third-order valence-electron chi connectivity index (χ3n) is 4.97. The van der Waals surface area contributed by atoms with Gasteiger partial charge < -0.3 is 10.6 Å². The van der Waals surface area contributed by atoms with Gasteiger partial charge in [-0.1, -0.05) is 75.4 Å². The van der Waals surface area contributed by atoms with Crippen LogP contribution in [0.5, 0.6) is 0 Å². The van der Waals surface area contributed by atoms with Gasteiger partial charge >= 0.3 is 6.03 Å². The first-order valence-electron chi connectivity index (χ1n) is 10.2. The van der Waals surface area contributed by atoms with Crippen molar-refractivity contribution in [3.63, 3.8) is 0 Å². The third kappa shape index (κ3) is 5.19. The molecular weight excluding hydrogens is 402 g/mol. The van der Waals surface area contributed by atoms with Gasteiger partial charge in [0.2, 0.25) is 0 Å². The highest BCUT2D eigenvalue weighted by atomic mass is 32.1. The molecule has 156 valence electrons. The summed E-state index contributed by atoms with van der Waals surface area (Å²) in [6.45, 7) is 6.50. The standard InChI is InChI=1S/C26H25N3OS/c1-26(2,3)20-11-15-22(16-12-20)28-25(30)27-21-13-9-18(10-14-21)23-17-31-24(29-23)19-7-5-4-6-8-19/h4-17H,1-3H3,(H2,27,28,30). The van der Waals surface area contributed by atoms with Crippen molar-refractivity contribution in [3.8, 4) is 21.8 Å². The van der Waals surface area contributed by atoms with Crippen molar-refractivity contribution in [1.29, 1.82) is 0 Å². The van der Waals surface area contributed by atoms with Crippen LogP contribution in [0.4, 0.5) is 16.2 Å². The van der Waals surface area contributed by atoms with Gasteiger partial charge in [-0.3, -0.25) is 0 Å². The van der Waals surface area contributed by atoms with Gasteiger partial charge in [0.1, 0.15) is 5.01 Å². The van der Waals surface area contributed by atoms with Gasteiger partial charge in [-0.2, -0.15) is 0 Å². The largest absolute Gasteiger partial charge is 0.323 e. The molecule has 0 aliphatic rings. The van der Waals surface area contributed by atoms with Crippen LogP contribution in [0.25, 0.3) is 21.8 Å². The molecule has 0 bridgehead atoms. The van der Waals surface area contributed by atoms with Crippen LogP contribution in [0.3, 0.4) is 0 Å². The topological polar surface area (TPSA) is 54.0 Å². The van der Waals surface area contributed by atoms with E-state index in [2.05, 4.69) is 48.9 Å². The summed E-state index contributed by atoms with van der Waals surface area (Å²) < 4.78 is 0. The molecule has 0 unspecified atom stereocenters. The molecule has 0 fully saturated rings. The molecule has 4 nitrogen and oxygen atoms in total. The van der Waals surface area contributed by atoms with Crippen LogP contribution in [0.1, 0.15) is 26.3 Å². The molecule has 4 rings (SSSR count). The number of nitrogens with zero attached hydrogens (tertiary/aromatic N) is 1. The van der Waals surface area contributed by atoms with Gasteiger partial charge in [0.05, 0.1) is 5.69 Å². The van der Waals surface area contributed by atoms with Crippen LogP contribution in [0.2, 0.25) is 0 Å². The molecule has 2 N–H and O–H groups in total. The van der Waals surface area contributed by atoms with E-state index in [1.54, 1.807) is 11.3 Å². The van der Waals surface area contributed by atoms with E-state index in [0.29, 0.717) is 0 Å². The molecule has 0 saturated heterocycles. The minimum Gasteiger partial charge on any atom is -0.308 e. The van der Waals surface area contributed by atoms with E-state index in [9.17, 15) is 4.79 Å². The average molecular weight is 428 g/mol. The lowest BCUT2D eigenvalue weighted by Crippen LogP contribution is -2.19. The highest BCUT2D eigenvalue weighted by Crippen LogP contribution is 2.29. The molecule has 3 aromatic carbocycles. The summed E-state index contributed by atoms with van der Waals surface area (Å²) in [6, 6.07) is 25.5. The zero-order valence-corrected chi connectivity index (χ0v) is 18.7. The summed E-state index contributed by atoms with van der Waals surface area (Å²) in [5.74, 6) is 0. The number of thiazole rings is 1.